The van der Waals surface area contributed by atoms with E-state index < -0.39 is 17.6 Å². The number of carbonyl (C=O) groups is 2. The number of carboxylic acid groups (broad SMARTS) is 1. The number of benzene rings is 2. The molecular weight excluding hydrogens is 362 g/mol. The maximum atomic E-state index is 12.4. The van der Waals surface area contributed by atoms with E-state index >= 15 is 0 Å². The van der Waals surface area contributed by atoms with Gasteiger partial charge in [-0.1, -0.05) is 48.5 Å². The number of alkyl carbamates (subject to hydrolysis) is 1. The van der Waals surface area contributed by atoms with Gasteiger partial charge in [0, 0.05) is 5.92 Å². The van der Waals surface area contributed by atoms with E-state index in [1.54, 1.807) is 11.8 Å². The lowest BCUT2D eigenvalue weighted by Gasteiger charge is -2.33. The Bertz CT molecular complexity index is 830. The smallest absolute Gasteiger partial charge is 0.408 e. The fourth-order valence-corrected chi connectivity index (χ4v) is 5.13. The Morgan fingerprint density at radius 2 is 1.59 bits per heavy atom. The van der Waals surface area contributed by atoms with Gasteiger partial charge in [-0.05, 0) is 46.6 Å². The number of fused-ring (bicyclic) bond motifs is 3. The minimum Gasteiger partial charge on any atom is -0.480 e. The number of carbonyl (C=O) groups excluding carboxylic acids is 1. The Kier molecular flexibility index (Phi) is 4.83. The Morgan fingerprint density at radius 1 is 1.04 bits per heavy atom. The molecule has 1 amide bonds. The molecule has 0 radical (unpaired) electrons. The van der Waals surface area contributed by atoms with E-state index in [0.717, 1.165) is 33.8 Å². The molecule has 0 bridgehead atoms. The van der Waals surface area contributed by atoms with E-state index in [4.69, 9.17) is 4.74 Å². The van der Waals surface area contributed by atoms with Gasteiger partial charge in [-0.15, -0.1) is 0 Å². The maximum Gasteiger partial charge on any atom is 0.408 e. The molecule has 2 aromatic rings. The van der Waals surface area contributed by atoms with Crippen molar-refractivity contribution in [1.29, 1.82) is 0 Å². The van der Waals surface area contributed by atoms with Gasteiger partial charge in [0.1, 0.15) is 12.1 Å². The molecule has 0 saturated carbocycles. The van der Waals surface area contributed by atoms with E-state index in [-0.39, 0.29) is 12.5 Å². The first-order valence-electron chi connectivity index (χ1n) is 9.05. The number of carboxylic acids is 1. The number of rotatable bonds is 4. The van der Waals surface area contributed by atoms with Crippen LogP contribution < -0.4 is 5.32 Å². The molecule has 0 aromatic heterocycles. The number of thioether (sulfide) groups is 1. The Labute approximate surface area is 162 Å². The molecule has 2 aromatic carbocycles. The number of ether oxygens (including phenoxy) is 1. The first kappa shape index (κ1) is 17.9. The van der Waals surface area contributed by atoms with Gasteiger partial charge in [0.2, 0.25) is 0 Å². The maximum absolute atomic E-state index is 12.4. The van der Waals surface area contributed by atoms with Crippen molar-refractivity contribution in [3.05, 3.63) is 59.7 Å². The third kappa shape index (κ3) is 3.30. The van der Waals surface area contributed by atoms with Crippen LogP contribution in [0.15, 0.2) is 48.5 Å². The van der Waals surface area contributed by atoms with Gasteiger partial charge in [-0.2, -0.15) is 11.8 Å². The largest absolute Gasteiger partial charge is 0.480 e. The average molecular weight is 383 g/mol. The molecule has 1 aliphatic heterocycles. The molecule has 27 heavy (non-hydrogen) atoms. The molecule has 2 aliphatic rings. The van der Waals surface area contributed by atoms with Crippen LogP contribution in [0, 0.1) is 0 Å². The highest BCUT2D eigenvalue weighted by molar-refractivity contribution is 7.99. The van der Waals surface area contributed by atoms with Crippen molar-refractivity contribution in [3.8, 4) is 11.1 Å². The molecule has 0 unspecified atom stereocenters. The summed E-state index contributed by atoms with van der Waals surface area (Å²) in [7, 11) is 0. The molecule has 5 nitrogen and oxygen atoms in total. The van der Waals surface area contributed by atoms with Crippen LogP contribution >= 0.6 is 11.8 Å². The molecular formula is C21H21NO4S. The van der Waals surface area contributed by atoms with Crippen molar-refractivity contribution in [2.75, 3.05) is 18.1 Å². The highest BCUT2D eigenvalue weighted by Crippen LogP contribution is 2.44. The Balaban J connectivity index is 1.49. The third-order valence-electron chi connectivity index (χ3n) is 5.44. The lowest BCUT2D eigenvalue weighted by molar-refractivity contribution is -0.145. The zero-order chi connectivity index (χ0) is 18.9. The number of hydrogen-bond acceptors (Lipinski definition) is 4. The second-order valence-corrected chi connectivity index (χ2v) is 8.17. The summed E-state index contributed by atoms with van der Waals surface area (Å²) in [6.07, 6.45) is 0.167. The zero-order valence-electron chi connectivity index (χ0n) is 14.8. The fourth-order valence-electron chi connectivity index (χ4n) is 3.94. The van der Waals surface area contributed by atoms with Crippen LogP contribution in [0.1, 0.15) is 29.9 Å². The average Bonchev–Trinajstić information content (AvgIpc) is 3.01. The minimum atomic E-state index is -1.21. The van der Waals surface area contributed by atoms with Crippen LogP contribution in [0.5, 0.6) is 0 Å². The van der Waals surface area contributed by atoms with Gasteiger partial charge in [-0.3, -0.25) is 0 Å². The van der Waals surface area contributed by atoms with Crippen molar-refractivity contribution >= 4 is 23.8 Å². The van der Waals surface area contributed by atoms with Crippen molar-refractivity contribution in [2.45, 2.75) is 24.3 Å². The molecule has 1 fully saturated rings. The standard InChI is InChI=1S/C21H21NO4S/c23-19(24)21(9-11-27-12-10-21)22-20(25)26-13-18-16-7-3-1-5-14(16)15-6-2-4-8-17(15)18/h1-8,18H,9-13H2,(H,22,25)(H,23,24). The van der Waals surface area contributed by atoms with E-state index in [0.29, 0.717) is 12.8 Å². The predicted molar refractivity (Wildman–Crippen MR) is 105 cm³/mol. The lowest BCUT2D eigenvalue weighted by atomic mass is 9.92. The minimum absolute atomic E-state index is 0.0363. The van der Waals surface area contributed by atoms with Crippen molar-refractivity contribution in [3.63, 3.8) is 0 Å². The summed E-state index contributed by atoms with van der Waals surface area (Å²) < 4.78 is 5.50. The molecule has 4 rings (SSSR count). The molecule has 2 N–H and O–H groups in total. The zero-order valence-corrected chi connectivity index (χ0v) is 15.6. The van der Waals surface area contributed by atoms with Crippen LogP contribution in [-0.2, 0) is 9.53 Å². The van der Waals surface area contributed by atoms with Crippen LogP contribution in [0.3, 0.4) is 0 Å². The summed E-state index contributed by atoms with van der Waals surface area (Å²) in [4.78, 5) is 24.1. The number of hydrogen-bond donors (Lipinski definition) is 2. The van der Waals surface area contributed by atoms with Gasteiger partial charge in [0.05, 0.1) is 0 Å². The van der Waals surface area contributed by atoms with Crippen molar-refractivity contribution in [1.82, 2.24) is 5.32 Å². The molecule has 0 spiro atoms. The van der Waals surface area contributed by atoms with Crippen LogP contribution in [-0.4, -0.2) is 40.8 Å². The quantitative estimate of drug-likeness (QED) is 0.838. The lowest BCUT2D eigenvalue weighted by Crippen LogP contribution is -2.56. The monoisotopic (exact) mass is 383 g/mol. The highest BCUT2D eigenvalue weighted by Gasteiger charge is 2.42. The highest BCUT2D eigenvalue weighted by atomic mass is 32.2. The predicted octanol–water partition coefficient (Wildman–Crippen LogP) is 3.88. The Morgan fingerprint density at radius 3 is 2.15 bits per heavy atom. The summed E-state index contributed by atoms with van der Waals surface area (Å²) in [6.45, 7) is 0.185. The van der Waals surface area contributed by atoms with Crippen LogP contribution in [0.4, 0.5) is 4.79 Å². The molecule has 6 heteroatoms. The number of amides is 1. The van der Waals surface area contributed by atoms with Crippen LogP contribution in [0.2, 0.25) is 0 Å². The summed E-state index contributed by atoms with van der Waals surface area (Å²) >= 11 is 1.70. The first-order chi connectivity index (χ1) is 13.1. The number of nitrogens with one attached hydrogen (secondary N) is 1. The van der Waals surface area contributed by atoms with E-state index in [1.807, 2.05) is 24.3 Å². The van der Waals surface area contributed by atoms with E-state index in [1.165, 1.54) is 0 Å². The van der Waals surface area contributed by atoms with Gasteiger partial charge in [-0.25, -0.2) is 9.59 Å². The van der Waals surface area contributed by atoms with Gasteiger partial charge < -0.3 is 15.2 Å². The summed E-state index contributed by atoms with van der Waals surface area (Å²) in [6, 6.07) is 16.2. The summed E-state index contributed by atoms with van der Waals surface area (Å²) in [5.41, 5.74) is 3.37. The van der Waals surface area contributed by atoms with Gasteiger partial charge >= 0.3 is 12.1 Å². The fraction of sp³-hybridized carbons (Fsp3) is 0.333. The molecule has 0 atom stereocenters. The topological polar surface area (TPSA) is 75.6 Å². The van der Waals surface area contributed by atoms with E-state index in [9.17, 15) is 14.7 Å². The summed E-state index contributed by atoms with van der Waals surface area (Å²) in [5, 5.41) is 12.2. The van der Waals surface area contributed by atoms with E-state index in [2.05, 4.69) is 29.6 Å². The normalized spacial score (nSPS) is 17.6. The van der Waals surface area contributed by atoms with Gasteiger partial charge in [0.15, 0.2) is 0 Å². The second-order valence-electron chi connectivity index (χ2n) is 6.95. The number of aliphatic carboxylic acids is 1. The molecule has 1 heterocycles. The molecule has 1 saturated heterocycles. The summed E-state index contributed by atoms with van der Waals surface area (Å²) in [5.74, 6) is 0.411. The first-order valence-corrected chi connectivity index (χ1v) is 10.2. The molecule has 140 valence electrons. The second kappa shape index (κ2) is 7.27. The van der Waals surface area contributed by atoms with Gasteiger partial charge in [0.25, 0.3) is 0 Å². The SMILES string of the molecule is O=C(NC1(C(=O)O)CCSCC1)OCC1c2ccccc2-c2ccccc21. The molecule has 1 aliphatic carbocycles. The Hall–Kier alpha value is -2.47. The van der Waals surface area contributed by atoms with Crippen molar-refractivity contribution < 1.29 is 19.4 Å². The van der Waals surface area contributed by atoms with Crippen LogP contribution in [0.25, 0.3) is 11.1 Å². The third-order valence-corrected chi connectivity index (χ3v) is 6.43. The van der Waals surface area contributed by atoms with Crippen molar-refractivity contribution in [2.24, 2.45) is 0 Å².